The van der Waals surface area contributed by atoms with Gasteiger partial charge in [-0.05, 0) is 18.9 Å². The summed E-state index contributed by atoms with van der Waals surface area (Å²) in [5.41, 5.74) is 0. The van der Waals surface area contributed by atoms with Crippen molar-refractivity contribution in [3.8, 4) is 0 Å². The van der Waals surface area contributed by atoms with E-state index in [9.17, 15) is 8.42 Å². The Morgan fingerprint density at radius 1 is 1.00 bits per heavy atom. The second kappa shape index (κ2) is 11.3. The second-order valence-electron chi connectivity index (χ2n) is 4.19. The molecule has 18 heavy (non-hydrogen) atoms. The lowest BCUT2D eigenvalue weighted by Gasteiger charge is -1.98. The predicted molar refractivity (Wildman–Crippen MR) is 73.5 cm³/mol. The summed E-state index contributed by atoms with van der Waals surface area (Å²) in [6.07, 6.45) is 16.0. The Kier molecular flexibility index (Phi) is 10.8. The van der Waals surface area contributed by atoms with Crippen LogP contribution >= 0.6 is 0 Å². The molecule has 0 aliphatic heterocycles. The number of hydrogen-bond acceptors (Lipinski definition) is 3. The number of hydrogen-bond donors (Lipinski definition) is 1. The van der Waals surface area contributed by atoms with Gasteiger partial charge in [-0.1, -0.05) is 57.6 Å². The van der Waals surface area contributed by atoms with E-state index in [4.69, 9.17) is 4.55 Å². The lowest BCUT2D eigenvalue weighted by atomic mass is 10.1. The molecule has 0 amide bonds. The molecule has 1 N–H and O–H groups in total. The average molecular weight is 276 g/mol. The van der Waals surface area contributed by atoms with Gasteiger partial charge in [-0.25, -0.2) is 0 Å². The summed E-state index contributed by atoms with van der Waals surface area (Å²) < 4.78 is 32.6. The number of allylic oxidation sites excluding steroid dienone is 3. The SMILES string of the molecule is CCCCCCCCC/C=C/C=C/OS(=O)(=O)O. The van der Waals surface area contributed by atoms with Crippen LogP contribution in [-0.4, -0.2) is 13.0 Å². The minimum absolute atomic E-state index is 0.941. The third-order valence-corrected chi connectivity index (χ3v) is 2.83. The first-order valence-corrected chi connectivity index (χ1v) is 7.90. The predicted octanol–water partition coefficient (Wildman–Crippen LogP) is 4.02. The van der Waals surface area contributed by atoms with Crippen molar-refractivity contribution in [2.45, 2.75) is 58.3 Å². The van der Waals surface area contributed by atoms with Crippen molar-refractivity contribution < 1.29 is 17.2 Å². The van der Waals surface area contributed by atoms with E-state index in [2.05, 4.69) is 11.1 Å². The Balaban J connectivity index is 3.33. The van der Waals surface area contributed by atoms with Crippen molar-refractivity contribution in [1.82, 2.24) is 0 Å². The second-order valence-corrected chi connectivity index (χ2v) is 5.24. The monoisotopic (exact) mass is 276 g/mol. The molecule has 0 fully saturated rings. The van der Waals surface area contributed by atoms with E-state index < -0.39 is 10.4 Å². The molecule has 0 aromatic rings. The van der Waals surface area contributed by atoms with Crippen LogP contribution in [0.4, 0.5) is 0 Å². The summed E-state index contributed by atoms with van der Waals surface area (Å²) in [5.74, 6) is 0. The molecule has 0 heterocycles. The van der Waals surface area contributed by atoms with Gasteiger partial charge in [0, 0.05) is 0 Å². The fraction of sp³-hybridized carbons (Fsp3) is 0.692. The molecular formula is C13H24O4S. The van der Waals surface area contributed by atoms with Crippen molar-refractivity contribution in [1.29, 1.82) is 0 Å². The van der Waals surface area contributed by atoms with Crippen LogP contribution in [-0.2, 0) is 14.6 Å². The first-order valence-electron chi connectivity index (χ1n) is 6.53. The Bertz CT molecular complexity index is 331. The van der Waals surface area contributed by atoms with E-state index in [-0.39, 0.29) is 0 Å². The molecule has 0 atom stereocenters. The molecule has 0 aliphatic rings. The van der Waals surface area contributed by atoms with E-state index in [0.29, 0.717) is 0 Å². The highest BCUT2D eigenvalue weighted by Gasteiger charge is 1.97. The van der Waals surface area contributed by atoms with Gasteiger partial charge < -0.3 is 4.18 Å². The average Bonchev–Trinajstić information content (AvgIpc) is 2.29. The van der Waals surface area contributed by atoms with Crippen LogP contribution in [0.1, 0.15) is 58.3 Å². The fourth-order valence-corrected chi connectivity index (χ4v) is 1.75. The first kappa shape index (κ1) is 17.2. The van der Waals surface area contributed by atoms with Gasteiger partial charge in [0.15, 0.2) is 0 Å². The molecule has 0 rings (SSSR count). The molecule has 4 nitrogen and oxygen atoms in total. The minimum Gasteiger partial charge on any atom is -0.370 e. The van der Waals surface area contributed by atoms with Crippen LogP contribution in [0.5, 0.6) is 0 Å². The highest BCUT2D eigenvalue weighted by Crippen LogP contribution is 2.08. The Morgan fingerprint density at radius 3 is 2.22 bits per heavy atom. The van der Waals surface area contributed by atoms with Crippen molar-refractivity contribution in [3.05, 3.63) is 24.5 Å². The molecule has 0 aliphatic carbocycles. The summed E-state index contributed by atoms with van der Waals surface area (Å²) in [5, 5.41) is 0. The molecule has 106 valence electrons. The Hall–Kier alpha value is -0.810. The minimum atomic E-state index is -4.36. The van der Waals surface area contributed by atoms with Gasteiger partial charge in [0.25, 0.3) is 0 Å². The topological polar surface area (TPSA) is 63.6 Å². The van der Waals surface area contributed by atoms with Crippen LogP contribution in [0.2, 0.25) is 0 Å². The van der Waals surface area contributed by atoms with E-state index >= 15 is 0 Å². The molecule has 0 aromatic heterocycles. The maximum Gasteiger partial charge on any atom is 0.445 e. The van der Waals surface area contributed by atoms with Crippen LogP contribution in [0.3, 0.4) is 0 Å². The number of unbranched alkanes of at least 4 members (excludes halogenated alkanes) is 7. The lowest BCUT2D eigenvalue weighted by molar-refractivity contribution is 0.356. The lowest BCUT2D eigenvalue weighted by Crippen LogP contribution is -1.96. The molecular weight excluding hydrogens is 252 g/mol. The molecule has 0 spiro atoms. The standard InChI is InChI=1S/C13H24O4S/c1-2-3-4-5-6-7-8-9-10-11-12-13-17-18(14,15)16/h10-13H,2-9H2,1H3,(H,14,15,16)/b11-10+,13-12+. The van der Waals surface area contributed by atoms with E-state index in [0.717, 1.165) is 19.1 Å². The molecule has 0 saturated carbocycles. The van der Waals surface area contributed by atoms with Gasteiger partial charge in [-0.2, -0.15) is 8.42 Å². The summed E-state index contributed by atoms with van der Waals surface area (Å²) in [6.45, 7) is 2.21. The van der Waals surface area contributed by atoms with Gasteiger partial charge in [0.1, 0.15) is 6.26 Å². The van der Waals surface area contributed by atoms with Gasteiger partial charge in [-0.15, -0.1) is 0 Å². The van der Waals surface area contributed by atoms with E-state index in [1.54, 1.807) is 6.08 Å². The zero-order valence-corrected chi connectivity index (χ0v) is 11.9. The maximum absolute atomic E-state index is 10.2. The van der Waals surface area contributed by atoms with Gasteiger partial charge in [-0.3, -0.25) is 4.55 Å². The molecule has 0 aromatic carbocycles. The van der Waals surface area contributed by atoms with Gasteiger partial charge in [0.05, 0.1) is 0 Å². The van der Waals surface area contributed by atoms with Crippen LogP contribution in [0.25, 0.3) is 0 Å². The highest BCUT2D eigenvalue weighted by molar-refractivity contribution is 7.81. The molecule has 0 bridgehead atoms. The Labute approximate surface area is 111 Å². The first-order chi connectivity index (χ1) is 8.56. The zero-order valence-electron chi connectivity index (χ0n) is 11.0. The normalized spacial score (nSPS) is 12.6. The third-order valence-electron chi connectivity index (χ3n) is 2.48. The quantitative estimate of drug-likeness (QED) is 0.268. The van der Waals surface area contributed by atoms with Crippen LogP contribution in [0.15, 0.2) is 24.5 Å². The smallest absolute Gasteiger partial charge is 0.370 e. The summed E-state index contributed by atoms with van der Waals surface area (Å²) >= 11 is 0. The van der Waals surface area contributed by atoms with Crippen molar-refractivity contribution in [2.24, 2.45) is 0 Å². The van der Waals surface area contributed by atoms with E-state index in [1.165, 1.54) is 44.6 Å². The maximum atomic E-state index is 10.2. The summed E-state index contributed by atoms with van der Waals surface area (Å²) in [6, 6.07) is 0. The molecule has 0 saturated heterocycles. The van der Waals surface area contributed by atoms with Crippen LogP contribution in [0, 0.1) is 0 Å². The fourth-order valence-electron chi connectivity index (χ4n) is 1.54. The van der Waals surface area contributed by atoms with Gasteiger partial charge in [0.2, 0.25) is 0 Å². The zero-order chi connectivity index (χ0) is 13.7. The Morgan fingerprint density at radius 2 is 1.61 bits per heavy atom. The highest BCUT2D eigenvalue weighted by atomic mass is 32.3. The summed E-state index contributed by atoms with van der Waals surface area (Å²) in [7, 11) is -4.36. The molecule has 5 heteroatoms. The number of rotatable bonds is 11. The summed E-state index contributed by atoms with van der Waals surface area (Å²) in [4.78, 5) is 0. The van der Waals surface area contributed by atoms with Crippen LogP contribution < -0.4 is 0 Å². The van der Waals surface area contributed by atoms with Gasteiger partial charge >= 0.3 is 10.4 Å². The van der Waals surface area contributed by atoms with E-state index in [1.807, 2.05) is 6.08 Å². The molecule has 0 unspecified atom stereocenters. The van der Waals surface area contributed by atoms with Crippen molar-refractivity contribution in [3.63, 3.8) is 0 Å². The molecule has 0 radical (unpaired) electrons. The largest absolute Gasteiger partial charge is 0.445 e. The van der Waals surface area contributed by atoms with Crippen molar-refractivity contribution in [2.75, 3.05) is 0 Å². The third kappa shape index (κ3) is 15.2. The van der Waals surface area contributed by atoms with Crippen molar-refractivity contribution >= 4 is 10.4 Å².